The molecule has 2 heterocycles. The predicted molar refractivity (Wildman–Crippen MR) is 130 cm³/mol. The second kappa shape index (κ2) is 8.71. The summed E-state index contributed by atoms with van der Waals surface area (Å²) in [6, 6.07) is 13.1. The van der Waals surface area contributed by atoms with Crippen LogP contribution in [0.5, 0.6) is 0 Å². The molecule has 2 aromatic carbocycles. The Morgan fingerprint density at radius 1 is 1.03 bits per heavy atom. The lowest BCUT2D eigenvalue weighted by Gasteiger charge is -2.19. The molecule has 1 aromatic heterocycles. The predicted octanol–water partition coefficient (Wildman–Crippen LogP) is 4.67. The van der Waals surface area contributed by atoms with Gasteiger partial charge in [-0.05, 0) is 52.9 Å². The number of benzene rings is 2. The first kappa shape index (κ1) is 23.1. The molecule has 0 amide bonds. The lowest BCUT2D eigenvalue weighted by molar-refractivity contribution is 0.517. The Morgan fingerprint density at radius 3 is 2.36 bits per heavy atom. The molecule has 0 aliphatic carbocycles. The maximum atomic E-state index is 13.6. The van der Waals surface area contributed by atoms with Crippen molar-refractivity contribution < 1.29 is 12.8 Å². The Labute approximate surface area is 193 Å². The molecule has 0 N–H and O–H groups in total. The molecule has 1 atom stereocenters. The maximum absolute atomic E-state index is 13.6. The summed E-state index contributed by atoms with van der Waals surface area (Å²) in [5.74, 6) is -0.234. The van der Waals surface area contributed by atoms with Gasteiger partial charge in [-0.2, -0.15) is 0 Å². The van der Waals surface area contributed by atoms with Crippen LogP contribution in [0.1, 0.15) is 49.1 Å². The molecule has 0 fully saturated rings. The van der Waals surface area contributed by atoms with Crippen molar-refractivity contribution in [3.8, 4) is 11.1 Å². The van der Waals surface area contributed by atoms with Gasteiger partial charge in [0.05, 0.1) is 17.5 Å². The molecule has 0 unspecified atom stereocenters. The Balaban J connectivity index is 2.04. The number of rotatable bonds is 5. The van der Waals surface area contributed by atoms with Crippen molar-refractivity contribution in [3.05, 3.63) is 93.2 Å². The number of aromatic nitrogens is 1. The molecule has 0 saturated heterocycles. The minimum Gasteiger partial charge on any atom is -0.318 e. The number of sulfone groups is 1. The molecule has 1 aliphatic rings. The van der Waals surface area contributed by atoms with E-state index in [0.717, 1.165) is 27.8 Å². The van der Waals surface area contributed by atoms with Crippen LogP contribution in [0.4, 0.5) is 4.39 Å². The van der Waals surface area contributed by atoms with E-state index < -0.39 is 9.84 Å². The van der Waals surface area contributed by atoms with Gasteiger partial charge >= 0.3 is 0 Å². The van der Waals surface area contributed by atoms with Crippen LogP contribution in [0.2, 0.25) is 0 Å². The van der Waals surface area contributed by atoms with Gasteiger partial charge in [-0.25, -0.2) is 12.8 Å². The second-order valence-corrected chi connectivity index (χ2v) is 11.2. The summed E-state index contributed by atoms with van der Waals surface area (Å²) in [4.78, 5) is 17.6. The first-order valence-electron chi connectivity index (χ1n) is 11.0. The number of nitrogens with zero attached hydrogens (tertiary/aromatic N) is 2. The van der Waals surface area contributed by atoms with Gasteiger partial charge in [0.25, 0.3) is 5.56 Å². The van der Waals surface area contributed by atoms with E-state index in [1.165, 1.54) is 16.7 Å². The van der Waals surface area contributed by atoms with Crippen molar-refractivity contribution in [1.82, 2.24) is 4.57 Å². The van der Waals surface area contributed by atoms with E-state index in [1.54, 1.807) is 38.4 Å². The van der Waals surface area contributed by atoms with E-state index in [4.69, 9.17) is 4.99 Å². The van der Waals surface area contributed by atoms with Crippen LogP contribution < -0.4 is 5.56 Å². The summed E-state index contributed by atoms with van der Waals surface area (Å²) in [6.45, 7) is 5.73. The summed E-state index contributed by atoms with van der Waals surface area (Å²) < 4.78 is 39.8. The van der Waals surface area contributed by atoms with Crippen LogP contribution in [0, 0.1) is 11.7 Å². The average Bonchev–Trinajstić information content (AvgIpc) is 2.89. The van der Waals surface area contributed by atoms with Gasteiger partial charge in [0.2, 0.25) is 0 Å². The summed E-state index contributed by atoms with van der Waals surface area (Å²) in [5, 5.41) is 0. The van der Waals surface area contributed by atoms with Crippen LogP contribution in [0.15, 0.2) is 64.5 Å². The van der Waals surface area contributed by atoms with Crippen LogP contribution in [0.25, 0.3) is 11.1 Å². The molecule has 0 saturated carbocycles. The van der Waals surface area contributed by atoms with Crippen molar-refractivity contribution >= 4 is 15.5 Å². The minimum atomic E-state index is -3.22. The normalized spacial score (nSPS) is 15.6. The first-order chi connectivity index (χ1) is 15.6. The van der Waals surface area contributed by atoms with Crippen molar-refractivity contribution in [2.75, 3.05) is 5.75 Å². The summed E-state index contributed by atoms with van der Waals surface area (Å²) in [7, 11) is -1.52. The molecule has 33 heavy (non-hydrogen) atoms. The molecule has 172 valence electrons. The maximum Gasteiger partial charge on any atom is 0.250 e. The third-order valence-electron chi connectivity index (χ3n) is 6.05. The van der Waals surface area contributed by atoms with Gasteiger partial charge in [-0.3, -0.25) is 9.79 Å². The Hall–Kier alpha value is -3.06. The fourth-order valence-corrected chi connectivity index (χ4v) is 5.10. The van der Waals surface area contributed by atoms with Crippen molar-refractivity contribution in [1.29, 1.82) is 0 Å². The lowest BCUT2D eigenvalue weighted by Crippen LogP contribution is -2.18. The van der Waals surface area contributed by atoms with Crippen LogP contribution in [-0.2, 0) is 22.6 Å². The van der Waals surface area contributed by atoms with Gasteiger partial charge in [0.1, 0.15) is 5.82 Å². The Kier molecular flexibility index (Phi) is 6.10. The van der Waals surface area contributed by atoms with Gasteiger partial charge in [-0.1, -0.05) is 32.9 Å². The number of aryl methyl sites for hydroxylation is 1. The van der Waals surface area contributed by atoms with E-state index in [1.807, 2.05) is 32.0 Å². The molecule has 4 rings (SSSR count). The van der Waals surface area contributed by atoms with Crippen LogP contribution in [0.3, 0.4) is 0 Å². The van der Waals surface area contributed by atoms with Crippen molar-refractivity contribution in [2.45, 2.75) is 32.6 Å². The largest absolute Gasteiger partial charge is 0.318 e. The zero-order chi connectivity index (χ0) is 23.9. The molecule has 3 aromatic rings. The molecular weight excluding hydrogens is 439 g/mol. The number of halogens is 1. The van der Waals surface area contributed by atoms with Crippen molar-refractivity contribution in [3.63, 3.8) is 0 Å². The average molecular weight is 467 g/mol. The fourth-order valence-electron chi connectivity index (χ4n) is 4.20. The van der Waals surface area contributed by atoms with Crippen LogP contribution in [-0.4, -0.2) is 24.4 Å². The topological polar surface area (TPSA) is 68.5 Å². The summed E-state index contributed by atoms with van der Waals surface area (Å²) in [6.07, 6.45) is 1.80. The van der Waals surface area contributed by atoms with Gasteiger partial charge in [0.15, 0.2) is 9.84 Å². The number of pyridine rings is 1. The quantitative estimate of drug-likeness (QED) is 0.549. The highest BCUT2D eigenvalue weighted by Gasteiger charge is 2.28. The fraction of sp³-hybridized carbons (Fsp3) is 0.308. The third kappa shape index (κ3) is 4.55. The SMILES string of the molecule is CCS(=O)(=O)Cc1ccc2c(c1)-c1cn(C)c(=O)cc1[C@H](C(C)C)N=C2c1ccc(F)cc1. The highest BCUT2D eigenvalue weighted by atomic mass is 32.2. The number of hydrogen-bond acceptors (Lipinski definition) is 4. The van der Waals surface area contributed by atoms with E-state index in [9.17, 15) is 17.6 Å². The smallest absolute Gasteiger partial charge is 0.250 e. The highest BCUT2D eigenvalue weighted by molar-refractivity contribution is 7.90. The molecule has 7 heteroatoms. The zero-order valence-electron chi connectivity index (χ0n) is 19.2. The van der Waals surface area contributed by atoms with Crippen molar-refractivity contribution in [2.24, 2.45) is 18.0 Å². The number of aliphatic imine (C=N–C) groups is 1. The molecule has 0 bridgehead atoms. The zero-order valence-corrected chi connectivity index (χ0v) is 20.0. The van der Waals surface area contributed by atoms with Gasteiger partial charge in [0, 0.05) is 41.8 Å². The molecule has 5 nitrogen and oxygen atoms in total. The summed E-state index contributed by atoms with van der Waals surface area (Å²) in [5.41, 5.74) is 5.29. The monoisotopic (exact) mass is 466 g/mol. The molecular formula is C26H27FN2O3S. The lowest BCUT2D eigenvalue weighted by atomic mass is 9.89. The van der Waals surface area contributed by atoms with E-state index in [2.05, 4.69) is 0 Å². The highest BCUT2D eigenvalue weighted by Crippen LogP contribution is 2.40. The third-order valence-corrected chi connectivity index (χ3v) is 7.70. The molecule has 1 aliphatic heterocycles. The standard InChI is InChI=1S/C26H27FN2O3S/c1-5-33(31,32)15-17-6-11-20-21(12-17)23-14-29(4)24(30)13-22(23)25(16(2)3)28-26(20)18-7-9-19(27)10-8-18/h6-14,16,25H,5,15H2,1-4H3/t25-/m0/s1. The van der Waals surface area contributed by atoms with Crippen LogP contribution >= 0.6 is 0 Å². The van der Waals surface area contributed by atoms with E-state index in [-0.39, 0.29) is 34.8 Å². The summed E-state index contributed by atoms with van der Waals surface area (Å²) >= 11 is 0. The number of fused-ring (bicyclic) bond motifs is 3. The van der Waals surface area contributed by atoms with Gasteiger partial charge in [-0.15, -0.1) is 0 Å². The molecule has 0 radical (unpaired) electrons. The Morgan fingerprint density at radius 2 is 1.73 bits per heavy atom. The second-order valence-electron chi connectivity index (χ2n) is 8.82. The number of hydrogen-bond donors (Lipinski definition) is 0. The Bertz CT molecular complexity index is 1400. The van der Waals surface area contributed by atoms with E-state index >= 15 is 0 Å². The van der Waals surface area contributed by atoms with E-state index in [0.29, 0.717) is 11.3 Å². The molecule has 0 spiro atoms. The minimum absolute atomic E-state index is 0.0610. The van der Waals surface area contributed by atoms with Gasteiger partial charge < -0.3 is 4.57 Å². The first-order valence-corrected chi connectivity index (χ1v) is 12.8.